The number of nitrogens with zero attached hydrogens (tertiary/aromatic N) is 2. The van der Waals surface area contributed by atoms with Gasteiger partial charge in [-0.2, -0.15) is 0 Å². The van der Waals surface area contributed by atoms with Crippen molar-refractivity contribution in [3.63, 3.8) is 0 Å². The van der Waals surface area contributed by atoms with Crippen LogP contribution in [0.5, 0.6) is 0 Å². The lowest BCUT2D eigenvalue weighted by Crippen LogP contribution is -2.49. The Morgan fingerprint density at radius 1 is 0.962 bits per heavy atom. The molecule has 1 N–H and O–H groups in total. The minimum Gasteiger partial charge on any atom is -0.368 e. The van der Waals surface area contributed by atoms with Crippen LogP contribution in [0.25, 0.3) is 0 Å². The molecular weight excluding hydrogens is 346 g/mol. The summed E-state index contributed by atoms with van der Waals surface area (Å²) in [7, 11) is 0. The van der Waals surface area contributed by atoms with Gasteiger partial charge in [0, 0.05) is 32.7 Å². The van der Waals surface area contributed by atoms with E-state index in [1.165, 1.54) is 5.56 Å². The maximum atomic E-state index is 12.1. The molecule has 0 saturated carbocycles. The van der Waals surface area contributed by atoms with Gasteiger partial charge in [0.25, 0.3) is 0 Å². The normalized spacial score (nSPS) is 15.0. The summed E-state index contributed by atoms with van der Waals surface area (Å²) in [6.45, 7) is 4.75. The molecule has 0 unspecified atom stereocenters. The van der Waals surface area contributed by atoms with Crippen molar-refractivity contribution in [2.24, 2.45) is 0 Å². The van der Waals surface area contributed by atoms with Crippen LogP contribution in [0.2, 0.25) is 5.02 Å². The number of hydrogen-bond donors (Lipinski definition) is 1. The number of para-hydroxylation sites is 1. The Hall–Kier alpha value is -2.04. The molecule has 1 heterocycles. The number of rotatable bonds is 7. The van der Waals surface area contributed by atoms with Gasteiger partial charge in [-0.05, 0) is 30.5 Å². The average molecular weight is 372 g/mol. The van der Waals surface area contributed by atoms with Crippen LogP contribution in [0.4, 0.5) is 5.69 Å². The van der Waals surface area contributed by atoms with Crippen LogP contribution >= 0.6 is 11.6 Å². The molecule has 26 heavy (non-hydrogen) atoms. The number of carbonyl (C=O) groups excluding carboxylic acids is 1. The highest BCUT2D eigenvalue weighted by Gasteiger charge is 2.20. The first-order valence-corrected chi connectivity index (χ1v) is 9.62. The summed E-state index contributed by atoms with van der Waals surface area (Å²) in [5.41, 5.74) is 2.40. The predicted octanol–water partition coefficient (Wildman–Crippen LogP) is 3.21. The lowest BCUT2D eigenvalue weighted by atomic mass is 10.1. The SMILES string of the molecule is O=C(CN1CCN(c2ccccc2Cl)CC1)NCCCc1ccccc1. The summed E-state index contributed by atoms with van der Waals surface area (Å²) in [5.74, 6) is 0.115. The van der Waals surface area contributed by atoms with Crippen molar-refractivity contribution in [3.05, 3.63) is 65.2 Å². The van der Waals surface area contributed by atoms with Crippen LogP contribution in [-0.4, -0.2) is 50.1 Å². The zero-order valence-corrected chi connectivity index (χ0v) is 15.8. The van der Waals surface area contributed by atoms with Crippen molar-refractivity contribution < 1.29 is 4.79 Å². The van der Waals surface area contributed by atoms with E-state index in [9.17, 15) is 4.79 Å². The molecule has 1 saturated heterocycles. The summed E-state index contributed by atoms with van der Waals surface area (Å²) in [6, 6.07) is 18.3. The molecule has 0 aromatic heterocycles. The van der Waals surface area contributed by atoms with Gasteiger partial charge in [-0.3, -0.25) is 9.69 Å². The smallest absolute Gasteiger partial charge is 0.234 e. The summed E-state index contributed by atoms with van der Waals surface area (Å²) in [6.07, 6.45) is 1.97. The number of amides is 1. The number of hydrogen-bond acceptors (Lipinski definition) is 3. The van der Waals surface area contributed by atoms with Gasteiger partial charge < -0.3 is 10.2 Å². The molecule has 1 aliphatic heterocycles. The fourth-order valence-corrected chi connectivity index (χ4v) is 3.53. The third-order valence-electron chi connectivity index (χ3n) is 4.74. The molecule has 2 aromatic rings. The second kappa shape index (κ2) is 9.60. The minimum atomic E-state index is 0.115. The fourth-order valence-electron chi connectivity index (χ4n) is 3.28. The van der Waals surface area contributed by atoms with Gasteiger partial charge in [-0.1, -0.05) is 54.1 Å². The van der Waals surface area contributed by atoms with E-state index in [1.807, 2.05) is 24.3 Å². The fraction of sp³-hybridized carbons (Fsp3) is 0.381. The number of benzene rings is 2. The molecule has 0 aliphatic carbocycles. The third kappa shape index (κ3) is 5.48. The molecule has 3 rings (SSSR count). The number of piperazine rings is 1. The molecule has 1 amide bonds. The van der Waals surface area contributed by atoms with Gasteiger partial charge in [0.05, 0.1) is 17.3 Å². The number of nitrogens with one attached hydrogen (secondary N) is 1. The van der Waals surface area contributed by atoms with Crippen LogP contribution < -0.4 is 10.2 Å². The molecule has 138 valence electrons. The van der Waals surface area contributed by atoms with Crippen molar-refractivity contribution in [3.8, 4) is 0 Å². The van der Waals surface area contributed by atoms with E-state index in [4.69, 9.17) is 11.6 Å². The first kappa shape index (κ1) is 18.7. The summed E-state index contributed by atoms with van der Waals surface area (Å²) in [4.78, 5) is 16.6. The number of carbonyl (C=O) groups is 1. The van der Waals surface area contributed by atoms with Crippen molar-refractivity contribution in [2.75, 3.05) is 44.2 Å². The van der Waals surface area contributed by atoms with Gasteiger partial charge in [0.15, 0.2) is 0 Å². The first-order valence-electron chi connectivity index (χ1n) is 9.25. The molecular formula is C21H26ClN3O. The Balaban J connectivity index is 1.34. The maximum absolute atomic E-state index is 12.1. The topological polar surface area (TPSA) is 35.6 Å². The van der Waals surface area contributed by atoms with E-state index in [0.717, 1.165) is 56.3 Å². The summed E-state index contributed by atoms with van der Waals surface area (Å²) >= 11 is 6.27. The molecule has 2 aromatic carbocycles. The molecule has 0 bridgehead atoms. The number of aryl methyl sites for hydroxylation is 1. The van der Waals surface area contributed by atoms with E-state index in [1.54, 1.807) is 0 Å². The number of halogens is 1. The molecule has 0 radical (unpaired) electrons. The van der Waals surface area contributed by atoms with E-state index in [-0.39, 0.29) is 5.91 Å². The second-order valence-electron chi connectivity index (χ2n) is 6.65. The Morgan fingerprint density at radius 2 is 1.65 bits per heavy atom. The predicted molar refractivity (Wildman–Crippen MR) is 108 cm³/mol. The molecule has 1 aliphatic rings. The summed E-state index contributed by atoms with van der Waals surface area (Å²) in [5, 5.41) is 3.83. The van der Waals surface area contributed by atoms with Crippen LogP contribution in [0.1, 0.15) is 12.0 Å². The monoisotopic (exact) mass is 371 g/mol. The minimum absolute atomic E-state index is 0.115. The maximum Gasteiger partial charge on any atom is 0.234 e. The van der Waals surface area contributed by atoms with Crippen LogP contribution in [0.3, 0.4) is 0 Å². The van der Waals surface area contributed by atoms with Gasteiger partial charge in [0.2, 0.25) is 5.91 Å². The molecule has 5 heteroatoms. The second-order valence-corrected chi connectivity index (χ2v) is 7.06. The quantitative estimate of drug-likeness (QED) is 0.759. The molecule has 0 spiro atoms. The third-order valence-corrected chi connectivity index (χ3v) is 5.06. The highest BCUT2D eigenvalue weighted by atomic mass is 35.5. The lowest BCUT2D eigenvalue weighted by Gasteiger charge is -2.36. The zero-order chi connectivity index (χ0) is 18.2. The summed E-state index contributed by atoms with van der Waals surface area (Å²) < 4.78 is 0. The largest absolute Gasteiger partial charge is 0.368 e. The molecule has 1 fully saturated rings. The average Bonchev–Trinajstić information content (AvgIpc) is 2.67. The standard InChI is InChI=1S/C21H26ClN3O/c22-19-10-4-5-11-20(19)25-15-13-24(14-16-25)17-21(26)23-12-6-9-18-7-2-1-3-8-18/h1-5,7-8,10-11H,6,9,12-17H2,(H,23,26). The van der Waals surface area contributed by atoms with E-state index >= 15 is 0 Å². The van der Waals surface area contributed by atoms with E-state index in [2.05, 4.69) is 45.4 Å². The zero-order valence-electron chi connectivity index (χ0n) is 15.0. The van der Waals surface area contributed by atoms with Crippen molar-refractivity contribution >= 4 is 23.2 Å². The van der Waals surface area contributed by atoms with Gasteiger partial charge in [0.1, 0.15) is 0 Å². The first-order chi connectivity index (χ1) is 12.7. The highest BCUT2D eigenvalue weighted by molar-refractivity contribution is 6.33. The van der Waals surface area contributed by atoms with Crippen LogP contribution in [0.15, 0.2) is 54.6 Å². The highest BCUT2D eigenvalue weighted by Crippen LogP contribution is 2.25. The number of anilines is 1. The van der Waals surface area contributed by atoms with Crippen LogP contribution in [-0.2, 0) is 11.2 Å². The van der Waals surface area contributed by atoms with Crippen molar-refractivity contribution in [1.29, 1.82) is 0 Å². The molecule has 4 nitrogen and oxygen atoms in total. The van der Waals surface area contributed by atoms with Crippen LogP contribution in [0, 0.1) is 0 Å². The van der Waals surface area contributed by atoms with Gasteiger partial charge >= 0.3 is 0 Å². The van der Waals surface area contributed by atoms with Gasteiger partial charge in [-0.15, -0.1) is 0 Å². The lowest BCUT2D eigenvalue weighted by molar-refractivity contribution is -0.122. The Morgan fingerprint density at radius 3 is 2.38 bits per heavy atom. The van der Waals surface area contributed by atoms with E-state index < -0.39 is 0 Å². The Bertz CT molecular complexity index is 699. The Labute approximate surface area is 160 Å². The van der Waals surface area contributed by atoms with Crippen molar-refractivity contribution in [2.45, 2.75) is 12.8 Å². The molecule has 0 atom stereocenters. The van der Waals surface area contributed by atoms with E-state index in [0.29, 0.717) is 6.54 Å². The Kier molecular flexibility index (Phi) is 6.92. The van der Waals surface area contributed by atoms with Gasteiger partial charge in [-0.25, -0.2) is 0 Å². The van der Waals surface area contributed by atoms with Crippen molar-refractivity contribution in [1.82, 2.24) is 10.2 Å².